The van der Waals surface area contributed by atoms with Crippen LogP contribution in [0.2, 0.25) is 0 Å². The highest BCUT2D eigenvalue weighted by molar-refractivity contribution is 6.04. The fourth-order valence-corrected chi connectivity index (χ4v) is 2.22. The molecular formula is C17H22N2O6. The molecule has 0 unspecified atom stereocenters. The van der Waals surface area contributed by atoms with Gasteiger partial charge in [0.15, 0.2) is 0 Å². The molecule has 0 heterocycles. The molecule has 0 saturated heterocycles. The minimum absolute atomic E-state index is 0.0656. The monoisotopic (exact) mass is 350 g/mol. The predicted molar refractivity (Wildman–Crippen MR) is 89.8 cm³/mol. The smallest absolute Gasteiger partial charge is 0.328 e. The highest BCUT2D eigenvalue weighted by Gasteiger charge is 2.30. The van der Waals surface area contributed by atoms with Crippen molar-refractivity contribution < 1.29 is 28.7 Å². The van der Waals surface area contributed by atoms with Crippen LogP contribution in [0.15, 0.2) is 24.3 Å². The van der Waals surface area contributed by atoms with E-state index in [2.05, 4.69) is 15.4 Å². The van der Waals surface area contributed by atoms with E-state index in [1.165, 1.54) is 27.2 Å². The minimum Gasteiger partial charge on any atom is -0.469 e. The van der Waals surface area contributed by atoms with Crippen molar-refractivity contribution in [2.24, 2.45) is 5.92 Å². The lowest BCUT2D eigenvalue weighted by molar-refractivity contribution is -0.146. The van der Waals surface area contributed by atoms with E-state index in [0.717, 1.165) is 0 Å². The zero-order chi connectivity index (χ0) is 19.0. The second kappa shape index (κ2) is 9.41. The van der Waals surface area contributed by atoms with Gasteiger partial charge in [0, 0.05) is 6.92 Å². The summed E-state index contributed by atoms with van der Waals surface area (Å²) in [7, 11) is 2.43. The van der Waals surface area contributed by atoms with E-state index in [9.17, 15) is 19.2 Å². The van der Waals surface area contributed by atoms with Gasteiger partial charge in [0.2, 0.25) is 5.91 Å². The molecule has 0 saturated carbocycles. The van der Waals surface area contributed by atoms with E-state index >= 15 is 0 Å². The number of amides is 2. The molecule has 8 heteroatoms. The number of carbonyl (C=O) groups is 4. The number of methoxy groups -OCH3 is 2. The average molecular weight is 350 g/mol. The topological polar surface area (TPSA) is 111 Å². The molecule has 0 aliphatic heterocycles. The lowest BCUT2D eigenvalue weighted by Crippen LogP contribution is -2.46. The average Bonchev–Trinajstić information content (AvgIpc) is 2.58. The maximum Gasteiger partial charge on any atom is 0.328 e. The number of benzene rings is 1. The second-order valence-corrected chi connectivity index (χ2v) is 5.46. The number of carbonyl (C=O) groups excluding carboxylic acids is 4. The van der Waals surface area contributed by atoms with Crippen LogP contribution < -0.4 is 10.6 Å². The fraction of sp³-hybridized carbons (Fsp3) is 0.412. The van der Waals surface area contributed by atoms with Gasteiger partial charge in [-0.15, -0.1) is 0 Å². The molecule has 1 aromatic rings. The van der Waals surface area contributed by atoms with E-state index in [-0.39, 0.29) is 17.9 Å². The molecule has 0 bridgehead atoms. The Morgan fingerprint density at radius 2 is 1.72 bits per heavy atom. The third-order valence-electron chi connectivity index (χ3n) is 3.51. The first-order valence-electron chi connectivity index (χ1n) is 7.62. The molecule has 2 atom stereocenters. The molecule has 1 rings (SSSR count). The van der Waals surface area contributed by atoms with Crippen molar-refractivity contribution in [3.63, 3.8) is 0 Å². The van der Waals surface area contributed by atoms with E-state index in [1.807, 2.05) is 0 Å². The highest BCUT2D eigenvalue weighted by atomic mass is 16.5. The maximum absolute atomic E-state index is 12.6. The van der Waals surface area contributed by atoms with Crippen LogP contribution in [0.5, 0.6) is 0 Å². The molecule has 0 aromatic heterocycles. The molecule has 8 nitrogen and oxygen atoms in total. The molecule has 136 valence electrons. The Balaban J connectivity index is 3.01. The van der Waals surface area contributed by atoms with Crippen LogP contribution in [-0.2, 0) is 23.9 Å². The van der Waals surface area contributed by atoms with Crippen LogP contribution in [0.25, 0.3) is 0 Å². The van der Waals surface area contributed by atoms with Gasteiger partial charge < -0.3 is 20.1 Å². The van der Waals surface area contributed by atoms with Gasteiger partial charge >= 0.3 is 11.9 Å². The number of nitrogens with one attached hydrogen (secondary N) is 2. The highest BCUT2D eigenvalue weighted by Crippen LogP contribution is 2.17. The van der Waals surface area contributed by atoms with Gasteiger partial charge in [-0.3, -0.25) is 14.4 Å². The normalized spacial score (nSPS) is 12.5. The summed E-state index contributed by atoms with van der Waals surface area (Å²) in [6.45, 7) is 2.95. The zero-order valence-corrected chi connectivity index (χ0v) is 14.6. The van der Waals surface area contributed by atoms with Crippen LogP contribution in [0.3, 0.4) is 0 Å². The summed E-state index contributed by atoms with van der Waals surface area (Å²) in [6, 6.07) is 5.34. The van der Waals surface area contributed by atoms with E-state index in [4.69, 9.17) is 4.74 Å². The Morgan fingerprint density at radius 1 is 1.08 bits per heavy atom. The number of rotatable bonds is 7. The lowest BCUT2D eigenvalue weighted by atomic mass is 9.97. The van der Waals surface area contributed by atoms with Gasteiger partial charge in [-0.1, -0.05) is 19.1 Å². The molecule has 2 amide bonds. The first-order chi connectivity index (χ1) is 11.8. The van der Waals surface area contributed by atoms with Crippen molar-refractivity contribution in [1.82, 2.24) is 5.32 Å². The first kappa shape index (κ1) is 20.1. The number of anilines is 1. The number of esters is 2. The van der Waals surface area contributed by atoms with E-state index in [1.54, 1.807) is 25.1 Å². The van der Waals surface area contributed by atoms with Crippen LogP contribution in [-0.4, -0.2) is 44.0 Å². The third kappa shape index (κ3) is 5.91. The van der Waals surface area contributed by atoms with Crippen molar-refractivity contribution in [2.75, 3.05) is 19.5 Å². The van der Waals surface area contributed by atoms with Crippen molar-refractivity contribution in [2.45, 2.75) is 26.3 Å². The summed E-state index contributed by atoms with van der Waals surface area (Å²) in [5.41, 5.74) is 0.508. The number of ether oxygens (including phenoxy) is 2. The van der Waals surface area contributed by atoms with E-state index in [0.29, 0.717) is 5.69 Å². The number of para-hydroxylation sites is 1. The van der Waals surface area contributed by atoms with Crippen LogP contribution in [0.1, 0.15) is 30.6 Å². The Hall–Kier alpha value is -2.90. The van der Waals surface area contributed by atoms with Crippen molar-refractivity contribution in [1.29, 1.82) is 0 Å². The van der Waals surface area contributed by atoms with Crippen molar-refractivity contribution in [3.05, 3.63) is 29.8 Å². The Kier molecular flexibility index (Phi) is 7.58. The molecule has 0 fully saturated rings. The van der Waals surface area contributed by atoms with Gasteiger partial charge in [0.05, 0.1) is 31.9 Å². The molecule has 0 aliphatic carbocycles. The maximum atomic E-state index is 12.6. The minimum atomic E-state index is -1.04. The van der Waals surface area contributed by atoms with E-state index < -0.39 is 29.8 Å². The summed E-state index contributed by atoms with van der Waals surface area (Å²) >= 11 is 0. The fourth-order valence-electron chi connectivity index (χ4n) is 2.22. The third-order valence-corrected chi connectivity index (χ3v) is 3.51. The van der Waals surface area contributed by atoms with Crippen LogP contribution >= 0.6 is 0 Å². The second-order valence-electron chi connectivity index (χ2n) is 5.46. The summed E-state index contributed by atoms with van der Waals surface area (Å²) < 4.78 is 9.29. The summed E-state index contributed by atoms with van der Waals surface area (Å²) in [5, 5.41) is 5.11. The van der Waals surface area contributed by atoms with Gasteiger partial charge in [0.25, 0.3) is 5.91 Å². The number of hydrogen-bond donors (Lipinski definition) is 2. The Morgan fingerprint density at radius 3 is 2.28 bits per heavy atom. The molecule has 0 aliphatic rings. The van der Waals surface area contributed by atoms with Crippen molar-refractivity contribution >= 4 is 29.4 Å². The largest absolute Gasteiger partial charge is 0.469 e. The van der Waals surface area contributed by atoms with Gasteiger partial charge in [-0.2, -0.15) is 0 Å². The Bertz CT molecular complexity index is 658. The quantitative estimate of drug-likeness (QED) is 0.713. The molecule has 2 N–H and O–H groups in total. The zero-order valence-electron chi connectivity index (χ0n) is 14.6. The molecule has 0 spiro atoms. The first-order valence-corrected chi connectivity index (χ1v) is 7.62. The summed E-state index contributed by atoms with van der Waals surface area (Å²) in [4.78, 5) is 47.2. The standard InChI is InChI=1S/C17H22N2O6/c1-10(9-14(21)24-3)15(17(23)25-4)19-16(22)12-7-5-6-8-13(12)18-11(2)20/h5-8,10,15H,9H2,1-4H3,(H,18,20)(H,19,22)/t10-,15-/m1/s1. The van der Waals surface area contributed by atoms with Gasteiger partial charge in [-0.25, -0.2) is 4.79 Å². The molecule has 0 radical (unpaired) electrons. The van der Waals surface area contributed by atoms with Crippen molar-refractivity contribution in [3.8, 4) is 0 Å². The predicted octanol–water partition coefficient (Wildman–Crippen LogP) is 1.12. The number of hydrogen-bond acceptors (Lipinski definition) is 6. The SMILES string of the molecule is COC(=O)C[C@@H](C)[C@@H](NC(=O)c1ccccc1NC(C)=O)C(=O)OC. The van der Waals surface area contributed by atoms with Gasteiger partial charge in [0.1, 0.15) is 6.04 Å². The molecular weight excluding hydrogens is 328 g/mol. The van der Waals surface area contributed by atoms with Gasteiger partial charge in [-0.05, 0) is 18.1 Å². The summed E-state index contributed by atoms with van der Waals surface area (Å²) in [6.07, 6.45) is -0.0656. The molecule has 1 aromatic carbocycles. The van der Waals surface area contributed by atoms with Crippen LogP contribution in [0, 0.1) is 5.92 Å². The summed E-state index contributed by atoms with van der Waals surface area (Å²) in [5.74, 6) is -2.63. The lowest BCUT2D eigenvalue weighted by Gasteiger charge is -2.22. The Labute approximate surface area is 145 Å². The molecule has 25 heavy (non-hydrogen) atoms. The van der Waals surface area contributed by atoms with Crippen LogP contribution in [0.4, 0.5) is 5.69 Å².